The first-order valence-corrected chi connectivity index (χ1v) is 19.5. The molecule has 3 amide bonds. The van der Waals surface area contributed by atoms with Crippen molar-refractivity contribution in [3.05, 3.63) is 96.2 Å². The lowest BCUT2D eigenvalue weighted by atomic mass is 9.86. The summed E-state index contributed by atoms with van der Waals surface area (Å²) in [6.07, 6.45) is 6.00. The second-order valence-electron chi connectivity index (χ2n) is 14.3. The predicted molar refractivity (Wildman–Crippen MR) is 224 cm³/mol. The Hall–Kier alpha value is -5.66. The lowest BCUT2D eigenvalue weighted by Gasteiger charge is -2.24. The van der Waals surface area contributed by atoms with Gasteiger partial charge in [-0.15, -0.1) is 0 Å². The van der Waals surface area contributed by atoms with Crippen molar-refractivity contribution in [1.29, 1.82) is 0 Å². The average molecular weight is 764 g/mol. The van der Waals surface area contributed by atoms with Gasteiger partial charge in [0.2, 0.25) is 0 Å². The highest BCUT2D eigenvalue weighted by Crippen LogP contribution is 2.40. The zero-order chi connectivity index (χ0) is 39.0. The van der Waals surface area contributed by atoms with Crippen molar-refractivity contribution in [2.45, 2.75) is 39.0 Å². The van der Waals surface area contributed by atoms with E-state index in [-0.39, 0.29) is 11.3 Å². The average Bonchev–Trinajstić information content (AvgIpc) is 3.69. The zero-order valence-corrected chi connectivity index (χ0v) is 33.0. The monoisotopic (exact) mass is 763 g/mol. The highest BCUT2D eigenvalue weighted by Gasteiger charge is 2.21. The summed E-state index contributed by atoms with van der Waals surface area (Å²) in [4.78, 5) is 33.4. The summed E-state index contributed by atoms with van der Waals surface area (Å²) in [7, 11) is 3.16. The summed E-state index contributed by atoms with van der Waals surface area (Å²) in [5.74, 6) is 2.58. The van der Waals surface area contributed by atoms with Gasteiger partial charge in [0, 0.05) is 59.7 Å². The second kappa shape index (κ2) is 17.7. The summed E-state index contributed by atoms with van der Waals surface area (Å²) >= 11 is 1.45. The number of urea groups is 1. The van der Waals surface area contributed by atoms with E-state index in [0.717, 1.165) is 41.7 Å². The van der Waals surface area contributed by atoms with Gasteiger partial charge < -0.3 is 45.1 Å². The van der Waals surface area contributed by atoms with Crippen LogP contribution in [0.2, 0.25) is 0 Å². The summed E-state index contributed by atoms with van der Waals surface area (Å²) in [5.41, 5.74) is 3.96. The van der Waals surface area contributed by atoms with Crippen LogP contribution in [-0.2, 0) is 5.41 Å². The smallest absolute Gasteiger partial charge is 0.323 e. The molecule has 2 heterocycles. The number of benzene rings is 4. The van der Waals surface area contributed by atoms with Crippen LogP contribution in [-0.4, -0.2) is 68.5 Å². The van der Waals surface area contributed by atoms with Crippen molar-refractivity contribution in [1.82, 2.24) is 15.2 Å². The number of nitrogens with zero attached hydrogens (tertiary/aromatic N) is 2. The number of fused-ring (bicyclic) bond motifs is 1. The molecule has 0 radical (unpaired) electrons. The molecule has 12 nitrogen and oxygen atoms in total. The fraction of sp³-hybridized carbons (Fsp3) is 0.310. The van der Waals surface area contributed by atoms with Gasteiger partial charge in [-0.2, -0.15) is 0 Å². The lowest BCUT2D eigenvalue weighted by molar-refractivity contribution is 0.0949. The lowest BCUT2D eigenvalue weighted by Crippen LogP contribution is -2.33. The molecular formula is C42H49N7O5S. The number of aromatic nitrogens is 1. The molecule has 4 aromatic carbocycles. The Balaban J connectivity index is 1.17. The van der Waals surface area contributed by atoms with Gasteiger partial charge in [0.05, 0.1) is 31.3 Å². The third-order valence-electron chi connectivity index (χ3n) is 9.30. The minimum Gasteiger partial charge on any atom is -0.497 e. The van der Waals surface area contributed by atoms with Crippen LogP contribution in [0, 0.1) is 0 Å². The number of amides is 3. The number of carbonyl (C=O) groups excluding carboxylic acids is 2. The SMILES string of the molecule is COc1cc(Nc2cc(Oc3ccc(NC(=O)Nc4cc(C(C)(C)C)cc(NSC)c4OC)c4ccccc34)ccn2)cc(C(=O)NCCN2CCCC2)c1. The Morgan fingerprint density at radius 1 is 0.836 bits per heavy atom. The van der Waals surface area contributed by atoms with Gasteiger partial charge in [-0.1, -0.05) is 57.0 Å². The van der Waals surface area contributed by atoms with Crippen molar-refractivity contribution in [2.75, 3.05) is 67.3 Å². The van der Waals surface area contributed by atoms with Crippen molar-refractivity contribution in [3.8, 4) is 23.0 Å². The Bertz CT molecular complexity index is 2150. The van der Waals surface area contributed by atoms with E-state index in [1.807, 2.05) is 60.9 Å². The molecule has 1 fully saturated rings. The van der Waals surface area contributed by atoms with Gasteiger partial charge in [-0.25, -0.2) is 9.78 Å². The van der Waals surface area contributed by atoms with Crippen molar-refractivity contribution in [2.24, 2.45) is 0 Å². The minimum atomic E-state index is -0.414. The van der Waals surface area contributed by atoms with Gasteiger partial charge in [-0.05, 0) is 79.4 Å². The molecular weight excluding hydrogens is 715 g/mol. The molecule has 6 rings (SSSR count). The Morgan fingerprint density at radius 2 is 1.58 bits per heavy atom. The quantitative estimate of drug-likeness (QED) is 0.0696. The first-order chi connectivity index (χ1) is 26.5. The summed E-state index contributed by atoms with van der Waals surface area (Å²) in [6, 6.07) is 23.8. The molecule has 1 aromatic heterocycles. The van der Waals surface area contributed by atoms with Crippen molar-refractivity contribution >= 4 is 63.2 Å². The number of anilines is 5. The maximum absolute atomic E-state index is 13.5. The van der Waals surface area contributed by atoms with E-state index in [2.05, 4.69) is 56.6 Å². The maximum atomic E-state index is 13.5. The van der Waals surface area contributed by atoms with Gasteiger partial charge in [0.25, 0.3) is 5.91 Å². The molecule has 1 aliphatic rings. The third kappa shape index (κ3) is 9.91. The summed E-state index contributed by atoms with van der Waals surface area (Å²) in [5, 5.41) is 13.9. The molecule has 1 aliphatic heterocycles. The first-order valence-electron chi connectivity index (χ1n) is 18.3. The molecule has 1 saturated heterocycles. The molecule has 5 aromatic rings. The zero-order valence-electron chi connectivity index (χ0n) is 32.2. The van der Waals surface area contributed by atoms with Crippen molar-refractivity contribution in [3.63, 3.8) is 0 Å². The van der Waals surface area contributed by atoms with E-state index in [1.165, 1.54) is 24.8 Å². The number of hydrogen-bond donors (Lipinski definition) is 5. The van der Waals surface area contributed by atoms with E-state index < -0.39 is 6.03 Å². The van der Waals surface area contributed by atoms with Gasteiger partial charge in [0.15, 0.2) is 5.75 Å². The molecule has 55 heavy (non-hydrogen) atoms. The van der Waals surface area contributed by atoms with Crippen LogP contribution in [0.5, 0.6) is 23.0 Å². The number of likely N-dealkylation sites (tertiary alicyclic amines) is 1. The third-order valence-corrected chi connectivity index (χ3v) is 9.72. The molecule has 0 spiro atoms. The second-order valence-corrected chi connectivity index (χ2v) is 14.9. The van der Waals surface area contributed by atoms with Crippen LogP contribution in [0.3, 0.4) is 0 Å². The molecule has 5 N–H and O–H groups in total. The fourth-order valence-corrected chi connectivity index (χ4v) is 6.85. The fourth-order valence-electron chi connectivity index (χ4n) is 6.48. The van der Waals surface area contributed by atoms with Crippen LogP contribution in [0.1, 0.15) is 49.5 Å². The van der Waals surface area contributed by atoms with Gasteiger partial charge >= 0.3 is 6.03 Å². The number of rotatable bonds is 14. The maximum Gasteiger partial charge on any atom is 0.323 e. The van der Waals surface area contributed by atoms with E-state index in [9.17, 15) is 9.59 Å². The van der Waals surface area contributed by atoms with Crippen LogP contribution in [0.25, 0.3) is 10.8 Å². The number of carbonyl (C=O) groups is 2. The van der Waals surface area contributed by atoms with Crippen LogP contribution in [0.4, 0.5) is 33.4 Å². The number of hydrogen-bond acceptors (Lipinski definition) is 10. The Morgan fingerprint density at radius 3 is 2.31 bits per heavy atom. The standard InChI is InChI=1S/C42H49N7O5S/c1-42(2,3)28-23-35(39(53-5)36(24-28)48-55-6)47-41(51)46-34-13-14-37(33-12-8-7-11-32(33)34)54-30-15-16-43-38(26-30)45-29-21-27(22-31(25-29)52-4)40(50)44-17-20-49-18-9-10-19-49/h7-8,11-16,21-26,48H,9-10,17-20H2,1-6H3,(H,43,45)(H,44,50)(H2,46,47,51). The molecule has 0 aliphatic carbocycles. The van der Waals surface area contributed by atoms with E-state index in [0.29, 0.717) is 58.0 Å². The number of methoxy groups -OCH3 is 2. The number of pyridine rings is 1. The van der Waals surface area contributed by atoms with Crippen LogP contribution in [0.15, 0.2) is 85.1 Å². The van der Waals surface area contributed by atoms with Gasteiger partial charge in [0.1, 0.15) is 23.1 Å². The number of nitrogens with one attached hydrogen (secondary N) is 5. The Labute approximate surface area is 326 Å². The van der Waals surface area contributed by atoms with Crippen LogP contribution < -0.4 is 40.2 Å². The summed E-state index contributed by atoms with van der Waals surface area (Å²) < 4.78 is 20.9. The topological polar surface area (TPSA) is 138 Å². The van der Waals surface area contributed by atoms with Crippen molar-refractivity contribution < 1.29 is 23.8 Å². The highest BCUT2D eigenvalue weighted by atomic mass is 32.2. The first kappa shape index (κ1) is 39.0. The summed E-state index contributed by atoms with van der Waals surface area (Å²) in [6.45, 7) is 9.94. The molecule has 0 unspecified atom stereocenters. The largest absolute Gasteiger partial charge is 0.497 e. The van der Waals surface area contributed by atoms with Gasteiger partial charge in [-0.3, -0.25) is 4.79 Å². The molecule has 288 valence electrons. The number of ether oxygens (including phenoxy) is 3. The minimum absolute atomic E-state index is 0.158. The Kier molecular flexibility index (Phi) is 12.5. The highest BCUT2D eigenvalue weighted by molar-refractivity contribution is 7.99. The molecule has 0 saturated carbocycles. The molecule has 13 heteroatoms. The van der Waals surface area contributed by atoms with E-state index >= 15 is 0 Å². The van der Waals surface area contributed by atoms with E-state index in [4.69, 9.17) is 14.2 Å². The van der Waals surface area contributed by atoms with Crippen LogP contribution >= 0.6 is 11.9 Å². The predicted octanol–water partition coefficient (Wildman–Crippen LogP) is 9.24. The molecule has 0 bridgehead atoms. The normalized spacial score (nSPS) is 12.9. The van der Waals surface area contributed by atoms with E-state index in [1.54, 1.807) is 44.7 Å². The molecule has 0 atom stereocenters.